The second kappa shape index (κ2) is 7.27. The number of urea groups is 1. The number of nitrogens with zero attached hydrogens (tertiary/aromatic N) is 4. The number of imidazole rings is 1. The summed E-state index contributed by atoms with van der Waals surface area (Å²) in [7, 11) is 1.85. The Morgan fingerprint density at radius 1 is 1.04 bits per heavy atom. The molecule has 5 heteroatoms. The Morgan fingerprint density at radius 2 is 1.81 bits per heavy atom. The van der Waals surface area contributed by atoms with Crippen LogP contribution in [0.2, 0.25) is 0 Å². The van der Waals surface area contributed by atoms with Gasteiger partial charge in [-0.15, -0.1) is 0 Å². The van der Waals surface area contributed by atoms with E-state index in [0.717, 1.165) is 47.6 Å². The van der Waals surface area contributed by atoms with E-state index in [9.17, 15) is 4.79 Å². The first-order valence-corrected chi connectivity index (χ1v) is 9.38. The van der Waals surface area contributed by atoms with Crippen molar-refractivity contribution >= 4 is 29.2 Å². The third kappa shape index (κ3) is 3.45. The minimum atomic E-state index is 0.109. The molecule has 0 radical (unpaired) electrons. The van der Waals surface area contributed by atoms with Crippen molar-refractivity contribution in [3.63, 3.8) is 0 Å². The molecule has 1 fully saturated rings. The van der Waals surface area contributed by atoms with Gasteiger partial charge in [-0.1, -0.05) is 42.5 Å². The number of rotatable bonds is 5. The van der Waals surface area contributed by atoms with Crippen LogP contribution >= 0.6 is 0 Å². The van der Waals surface area contributed by atoms with Crippen molar-refractivity contribution in [2.45, 2.75) is 20.0 Å². The molecular weight excluding hydrogens is 336 g/mol. The molecule has 0 N–H and O–H groups in total. The van der Waals surface area contributed by atoms with Crippen LogP contribution in [-0.2, 0) is 13.1 Å². The van der Waals surface area contributed by atoms with Crippen molar-refractivity contribution in [2.24, 2.45) is 0 Å². The zero-order chi connectivity index (χ0) is 18.8. The molecule has 1 aromatic heterocycles. The number of para-hydroxylation sites is 2. The van der Waals surface area contributed by atoms with Gasteiger partial charge in [0.25, 0.3) is 0 Å². The minimum absolute atomic E-state index is 0.109. The van der Waals surface area contributed by atoms with Gasteiger partial charge in [-0.25, -0.2) is 9.78 Å². The molecule has 1 aliphatic rings. The van der Waals surface area contributed by atoms with Crippen LogP contribution in [0.5, 0.6) is 0 Å². The average Bonchev–Trinajstić information content (AvgIpc) is 3.21. The second-order valence-corrected chi connectivity index (χ2v) is 6.90. The lowest BCUT2D eigenvalue weighted by Gasteiger charge is -2.15. The second-order valence-electron chi connectivity index (χ2n) is 6.90. The lowest BCUT2D eigenvalue weighted by molar-refractivity contribution is 0.197. The first-order valence-electron chi connectivity index (χ1n) is 9.38. The molecule has 0 bridgehead atoms. The van der Waals surface area contributed by atoms with Crippen molar-refractivity contribution in [3.05, 3.63) is 65.5 Å². The van der Waals surface area contributed by atoms with Crippen LogP contribution in [0.15, 0.2) is 48.5 Å². The zero-order valence-electron chi connectivity index (χ0n) is 15.8. The van der Waals surface area contributed by atoms with Crippen molar-refractivity contribution < 1.29 is 4.79 Å². The maximum absolute atomic E-state index is 12.0. The van der Waals surface area contributed by atoms with E-state index in [1.54, 1.807) is 4.90 Å². The molecule has 1 aliphatic heterocycles. The van der Waals surface area contributed by atoms with Gasteiger partial charge in [0.1, 0.15) is 5.82 Å². The normalized spacial score (nSPS) is 14.8. The molecule has 0 unspecified atom stereocenters. The number of benzene rings is 2. The van der Waals surface area contributed by atoms with E-state index in [1.807, 2.05) is 30.1 Å². The van der Waals surface area contributed by atoms with Crippen LogP contribution in [-0.4, -0.2) is 45.5 Å². The Kier molecular flexibility index (Phi) is 4.67. The Balaban J connectivity index is 1.49. The highest BCUT2D eigenvalue weighted by Gasteiger charge is 2.24. The number of hydrogen-bond donors (Lipinski definition) is 0. The maximum atomic E-state index is 12.0. The van der Waals surface area contributed by atoms with E-state index in [-0.39, 0.29) is 6.03 Å². The number of aromatic nitrogens is 2. The van der Waals surface area contributed by atoms with E-state index in [4.69, 9.17) is 4.98 Å². The molecule has 0 spiro atoms. The summed E-state index contributed by atoms with van der Waals surface area (Å²) in [6, 6.07) is 16.7. The number of likely N-dealkylation sites (N-methyl/N-ethyl adjacent to an activating group) is 1. The number of carbonyl (C=O) groups excluding carboxylic acids is 1. The zero-order valence-corrected chi connectivity index (χ0v) is 15.8. The smallest absolute Gasteiger partial charge is 0.320 e. The van der Waals surface area contributed by atoms with E-state index < -0.39 is 0 Å². The highest BCUT2D eigenvalue weighted by atomic mass is 16.2. The third-order valence-corrected chi connectivity index (χ3v) is 5.08. The summed E-state index contributed by atoms with van der Waals surface area (Å²) < 4.78 is 2.22. The van der Waals surface area contributed by atoms with Gasteiger partial charge in [-0.05, 0) is 36.3 Å². The number of fused-ring (bicyclic) bond motifs is 1. The molecule has 1 saturated heterocycles. The van der Waals surface area contributed by atoms with Gasteiger partial charge in [0.05, 0.1) is 11.0 Å². The summed E-state index contributed by atoms with van der Waals surface area (Å²) >= 11 is 0. The Hall–Kier alpha value is -3.08. The van der Waals surface area contributed by atoms with Crippen molar-refractivity contribution in [1.82, 2.24) is 19.4 Å². The van der Waals surface area contributed by atoms with Gasteiger partial charge in [-0.2, -0.15) is 0 Å². The lowest BCUT2D eigenvalue weighted by Crippen LogP contribution is -2.28. The van der Waals surface area contributed by atoms with Crippen molar-refractivity contribution in [1.29, 1.82) is 0 Å². The highest BCUT2D eigenvalue weighted by molar-refractivity contribution is 5.80. The molecule has 0 saturated carbocycles. The van der Waals surface area contributed by atoms with Gasteiger partial charge >= 0.3 is 6.03 Å². The Morgan fingerprint density at radius 3 is 2.52 bits per heavy atom. The van der Waals surface area contributed by atoms with Crippen molar-refractivity contribution in [3.8, 4) is 0 Å². The molecule has 0 aliphatic carbocycles. The summed E-state index contributed by atoms with van der Waals surface area (Å²) in [6.45, 7) is 5.29. The summed E-state index contributed by atoms with van der Waals surface area (Å²) in [5.74, 6) is 0.966. The van der Waals surface area contributed by atoms with Crippen LogP contribution in [0.3, 0.4) is 0 Å². The van der Waals surface area contributed by atoms with Crippen LogP contribution in [0.4, 0.5) is 4.79 Å². The van der Waals surface area contributed by atoms with Crippen LogP contribution in [0, 0.1) is 0 Å². The van der Waals surface area contributed by atoms with Gasteiger partial charge in [0, 0.05) is 33.2 Å². The molecular formula is C22H24N4O. The number of aryl methyl sites for hydroxylation is 1. The Labute approximate surface area is 159 Å². The average molecular weight is 360 g/mol. The predicted octanol–water partition coefficient (Wildman–Crippen LogP) is 4.09. The number of carbonyl (C=O) groups is 1. The van der Waals surface area contributed by atoms with E-state index in [0.29, 0.717) is 6.54 Å². The molecule has 5 nitrogen and oxygen atoms in total. The summed E-state index contributed by atoms with van der Waals surface area (Å²) in [5.41, 5.74) is 4.46. The molecule has 3 aromatic rings. The minimum Gasteiger partial charge on any atom is -0.326 e. The van der Waals surface area contributed by atoms with E-state index in [1.165, 1.54) is 0 Å². The summed E-state index contributed by atoms with van der Waals surface area (Å²) in [6.07, 6.45) is 4.16. The SMILES string of the molecule is CCn1c(/C=C/c2ccc(CN3CCN(C)C3=O)cc2)nc2ccccc21. The van der Waals surface area contributed by atoms with Crippen LogP contribution in [0.25, 0.3) is 23.2 Å². The quantitative estimate of drug-likeness (QED) is 0.687. The van der Waals surface area contributed by atoms with Crippen LogP contribution in [0.1, 0.15) is 23.9 Å². The number of hydrogen-bond acceptors (Lipinski definition) is 2. The fourth-order valence-corrected chi connectivity index (χ4v) is 3.53. The van der Waals surface area contributed by atoms with Gasteiger partial charge < -0.3 is 14.4 Å². The largest absolute Gasteiger partial charge is 0.326 e. The summed E-state index contributed by atoms with van der Waals surface area (Å²) in [5, 5.41) is 0. The molecule has 27 heavy (non-hydrogen) atoms. The number of amides is 2. The molecule has 2 heterocycles. The molecule has 138 valence electrons. The fourth-order valence-electron chi connectivity index (χ4n) is 3.53. The van der Waals surface area contributed by atoms with Gasteiger partial charge in [0.2, 0.25) is 0 Å². The Bertz CT molecular complexity index is 987. The fraction of sp³-hybridized carbons (Fsp3) is 0.273. The maximum Gasteiger partial charge on any atom is 0.320 e. The summed E-state index contributed by atoms with van der Waals surface area (Å²) in [4.78, 5) is 20.4. The monoisotopic (exact) mass is 360 g/mol. The molecule has 4 rings (SSSR count). The highest BCUT2D eigenvalue weighted by Crippen LogP contribution is 2.18. The molecule has 0 atom stereocenters. The molecule has 2 amide bonds. The first kappa shape index (κ1) is 17.3. The topological polar surface area (TPSA) is 41.4 Å². The molecule has 2 aromatic carbocycles. The standard InChI is InChI=1S/C22H24N4O/c1-3-26-20-7-5-4-6-19(20)23-21(26)13-12-17-8-10-18(11-9-17)16-25-15-14-24(2)22(25)27/h4-13H,3,14-16H2,1-2H3/b13-12+. The van der Waals surface area contributed by atoms with Gasteiger partial charge in [0.15, 0.2) is 0 Å². The van der Waals surface area contributed by atoms with E-state index in [2.05, 4.69) is 54.0 Å². The van der Waals surface area contributed by atoms with Gasteiger partial charge in [-0.3, -0.25) is 0 Å². The first-order chi connectivity index (χ1) is 13.2. The third-order valence-electron chi connectivity index (χ3n) is 5.08. The van der Waals surface area contributed by atoms with E-state index >= 15 is 0 Å². The predicted molar refractivity (Wildman–Crippen MR) is 109 cm³/mol. The van der Waals surface area contributed by atoms with Crippen LogP contribution < -0.4 is 0 Å². The lowest BCUT2D eigenvalue weighted by atomic mass is 10.1. The van der Waals surface area contributed by atoms with Crippen molar-refractivity contribution in [2.75, 3.05) is 20.1 Å².